The molecule has 7 nitrogen and oxygen atoms in total. The van der Waals surface area contributed by atoms with Gasteiger partial charge in [-0.25, -0.2) is 5.10 Å². The lowest BCUT2D eigenvalue weighted by atomic mass is 10.2. The summed E-state index contributed by atoms with van der Waals surface area (Å²) in [6, 6.07) is 15.6. The topological polar surface area (TPSA) is 75.5 Å². The Bertz CT molecular complexity index is 1140. The highest BCUT2D eigenvalue weighted by Gasteiger charge is 2.37. The van der Waals surface area contributed by atoms with Crippen LogP contribution >= 0.6 is 12.2 Å². The number of nitrogens with one attached hydrogen (secondary N) is 1. The van der Waals surface area contributed by atoms with Crippen LogP contribution in [0.1, 0.15) is 25.2 Å². The fourth-order valence-electron chi connectivity index (χ4n) is 2.89. The van der Waals surface area contributed by atoms with Gasteiger partial charge in [0, 0.05) is 11.7 Å². The van der Waals surface area contributed by atoms with Gasteiger partial charge in [0.2, 0.25) is 4.77 Å². The number of ether oxygens (including phenoxy) is 1. The summed E-state index contributed by atoms with van der Waals surface area (Å²) in [6.07, 6.45) is -3.48. The second kappa shape index (κ2) is 9.77. The number of rotatable bonds is 7. The van der Waals surface area contributed by atoms with Crippen LogP contribution in [0.25, 0.3) is 0 Å². The Kier molecular flexibility index (Phi) is 7.08. The Morgan fingerprint density at radius 1 is 1.22 bits per heavy atom. The number of hydrogen-bond acceptors (Lipinski definition) is 5. The molecule has 0 fully saturated rings. The van der Waals surface area contributed by atoms with Gasteiger partial charge in [0.15, 0.2) is 6.61 Å². The number of hydrogen-bond donors (Lipinski definition) is 1. The molecular formula is C21H20F3N5O2S. The smallest absolute Gasteiger partial charge is 0.453 e. The quantitative estimate of drug-likeness (QED) is 0.408. The highest BCUT2D eigenvalue weighted by Crippen LogP contribution is 2.27. The van der Waals surface area contributed by atoms with Crippen molar-refractivity contribution in [3.63, 3.8) is 0 Å². The molecule has 0 radical (unpaired) electrons. The standard InChI is InChI=1S/C21H20F3N5O2S/c1-14(2)28(16-6-4-3-5-7-16)18(30)13-31-17-10-8-15(9-11-17)12-25-29-19(21(22,23)24)26-27-20(29)32/h3-12,14H,13H2,1-2H3,(H,27,32)/b25-12+. The largest absolute Gasteiger partial charge is 0.484 e. The van der Waals surface area contributed by atoms with Crippen molar-refractivity contribution in [3.05, 3.63) is 70.8 Å². The molecule has 0 saturated carbocycles. The fraction of sp³-hybridized carbons (Fsp3) is 0.238. The Labute approximate surface area is 187 Å². The van der Waals surface area contributed by atoms with Crippen molar-refractivity contribution >= 4 is 30.0 Å². The maximum atomic E-state index is 12.9. The summed E-state index contributed by atoms with van der Waals surface area (Å²) in [7, 11) is 0. The minimum Gasteiger partial charge on any atom is -0.484 e. The van der Waals surface area contributed by atoms with Gasteiger partial charge in [-0.3, -0.25) is 4.79 Å². The summed E-state index contributed by atoms with van der Waals surface area (Å²) in [5, 5.41) is 8.98. The highest BCUT2D eigenvalue weighted by atomic mass is 32.1. The van der Waals surface area contributed by atoms with Crippen molar-refractivity contribution in [2.75, 3.05) is 11.5 Å². The first-order valence-electron chi connectivity index (χ1n) is 9.56. The molecule has 2 aromatic carbocycles. The van der Waals surface area contributed by atoms with Gasteiger partial charge in [0.05, 0.1) is 6.21 Å². The molecule has 168 valence electrons. The Hall–Kier alpha value is -3.47. The van der Waals surface area contributed by atoms with Crippen LogP contribution in [0, 0.1) is 4.77 Å². The monoisotopic (exact) mass is 463 g/mol. The van der Waals surface area contributed by atoms with Gasteiger partial charge in [0.25, 0.3) is 11.7 Å². The predicted molar refractivity (Wildman–Crippen MR) is 116 cm³/mol. The molecule has 1 N–H and O–H groups in total. The molecule has 11 heteroatoms. The van der Waals surface area contributed by atoms with Gasteiger partial charge in [-0.1, -0.05) is 18.2 Å². The second-order valence-corrected chi connectivity index (χ2v) is 7.34. The van der Waals surface area contributed by atoms with Crippen LogP contribution in [0.5, 0.6) is 5.75 Å². The molecule has 3 rings (SSSR count). The van der Waals surface area contributed by atoms with Crippen LogP contribution in [-0.4, -0.2) is 39.6 Å². The van der Waals surface area contributed by atoms with Crippen molar-refractivity contribution in [2.45, 2.75) is 26.1 Å². The van der Waals surface area contributed by atoms with Gasteiger partial charge in [-0.2, -0.15) is 22.9 Å². The lowest BCUT2D eigenvalue weighted by Gasteiger charge is -2.26. The molecule has 0 spiro atoms. The van der Waals surface area contributed by atoms with E-state index in [-0.39, 0.29) is 23.3 Å². The molecule has 0 aliphatic carbocycles. The number of anilines is 1. The summed E-state index contributed by atoms with van der Waals surface area (Å²) in [5.74, 6) is -1.01. The molecule has 1 amide bonds. The average molecular weight is 463 g/mol. The molecule has 0 unspecified atom stereocenters. The highest BCUT2D eigenvalue weighted by molar-refractivity contribution is 7.71. The molecular weight excluding hydrogens is 443 g/mol. The Morgan fingerprint density at radius 3 is 2.47 bits per heavy atom. The lowest BCUT2D eigenvalue weighted by Crippen LogP contribution is -2.40. The van der Waals surface area contributed by atoms with Crippen LogP contribution in [0.3, 0.4) is 0 Å². The van der Waals surface area contributed by atoms with Crippen LogP contribution in [-0.2, 0) is 11.0 Å². The zero-order valence-electron chi connectivity index (χ0n) is 17.2. The minimum atomic E-state index is -4.70. The van der Waals surface area contributed by atoms with E-state index in [0.717, 1.165) is 5.69 Å². The zero-order chi connectivity index (χ0) is 23.3. The number of para-hydroxylation sites is 1. The minimum absolute atomic E-state index is 0.0524. The zero-order valence-corrected chi connectivity index (χ0v) is 18.0. The number of benzene rings is 2. The van der Waals surface area contributed by atoms with E-state index in [1.165, 1.54) is 6.21 Å². The van der Waals surface area contributed by atoms with Crippen molar-refractivity contribution in [1.29, 1.82) is 0 Å². The first-order chi connectivity index (χ1) is 15.2. The van der Waals surface area contributed by atoms with Crippen LogP contribution in [0.2, 0.25) is 0 Å². The lowest BCUT2D eigenvalue weighted by molar-refractivity contribution is -0.147. The number of halogens is 3. The SMILES string of the molecule is CC(C)N(C(=O)COc1ccc(/C=N/n2c(C(F)(F)F)n[nH]c2=S)cc1)c1ccccc1. The van der Waals surface area contributed by atoms with Crippen LogP contribution < -0.4 is 9.64 Å². The fourth-order valence-corrected chi connectivity index (χ4v) is 3.07. The molecule has 0 aliphatic rings. The maximum Gasteiger partial charge on any atom is 0.453 e. The van der Waals surface area contributed by atoms with E-state index >= 15 is 0 Å². The van der Waals surface area contributed by atoms with Crippen molar-refractivity contribution < 1.29 is 22.7 Å². The number of carbonyl (C=O) groups excluding carboxylic acids is 1. The van der Waals surface area contributed by atoms with Crippen molar-refractivity contribution in [3.8, 4) is 5.75 Å². The van der Waals surface area contributed by atoms with Gasteiger partial charge in [-0.15, -0.1) is 5.10 Å². The molecule has 32 heavy (non-hydrogen) atoms. The van der Waals surface area contributed by atoms with Gasteiger partial charge < -0.3 is 9.64 Å². The first-order valence-corrected chi connectivity index (χ1v) is 9.96. The van der Waals surface area contributed by atoms with Crippen LogP contribution in [0.15, 0.2) is 59.7 Å². The summed E-state index contributed by atoms with van der Waals surface area (Å²) in [6.45, 7) is 3.66. The third-order valence-electron chi connectivity index (χ3n) is 4.29. The maximum absolute atomic E-state index is 12.9. The number of aromatic nitrogens is 3. The molecule has 0 saturated heterocycles. The Morgan fingerprint density at radius 2 is 1.88 bits per heavy atom. The second-order valence-electron chi connectivity index (χ2n) is 6.96. The normalized spacial score (nSPS) is 11.8. The molecule has 1 aromatic heterocycles. The number of aromatic amines is 1. The van der Waals surface area contributed by atoms with E-state index in [1.54, 1.807) is 29.2 Å². The van der Waals surface area contributed by atoms with E-state index in [0.29, 0.717) is 16.0 Å². The number of carbonyl (C=O) groups is 1. The van der Waals surface area contributed by atoms with E-state index in [2.05, 4.69) is 15.3 Å². The third-order valence-corrected chi connectivity index (χ3v) is 4.55. The first kappa shape index (κ1) is 23.2. The molecule has 3 aromatic rings. The summed E-state index contributed by atoms with van der Waals surface area (Å²) >= 11 is 4.79. The number of amides is 1. The van der Waals surface area contributed by atoms with Crippen molar-refractivity contribution in [1.82, 2.24) is 14.9 Å². The Balaban J connectivity index is 1.65. The van der Waals surface area contributed by atoms with Gasteiger partial charge in [0.1, 0.15) is 5.75 Å². The third kappa shape index (κ3) is 5.61. The predicted octanol–water partition coefficient (Wildman–Crippen LogP) is 4.66. The molecule has 0 atom stereocenters. The average Bonchev–Trinajstić information content (AvgIpc) is 3.13. The molecule has 0 aliphatic heterocycles. The number of alkyl halides is 3. The number of nitrogens with zero attached hydrogens (tertiary/aromatic N) is 4. The van der Waals surface area contributed by atoms with Gasteiger partial charge >= 0.3 is 6.18 Å². The summed E-state index contributed by atoms with van der Waals surface area (Å²) in [4.78, 5) is 14.3. The van der Waals surface area contributed by atoms with E-state index in [9.17, 15) is 18.0 Å². The van der Waals surface area contributed by atoms with E-state index in [4.69, 9.17) is 17.0 Å². The van der Waals surface area contributed by atoms with Crippen molar-refractivity contribution in [2.24, 2.45) is 5.10 Å². The van der Waals surface area contributed by atoms with E-state index in [1.807, 2.05) is 44.2 Å². The summed E-state index contributed by atoms with van der Waals surface area (Å²) in [5.41, 5.74) is 1.28. The van der Waals surface area contributed by atoms with E-state index < -0.39 is 12.0 Å². The summed E-state index contributed by atoms with van der Waals surface area (Å²) < 4.78 is 44.6. The molecule has 0 bridgehead atoms. The molecule has 1 heterocycles. The number of H-pyrrole nitrogens is 1. The van der Waals surface area contributed by atoms with Gasteiger partial charge in [-0.05, 0) is 68.0 Å². The van der Waals surface area contributed by atoms with Crippen LogP contribution in [0.4, 0.5) is 18.9 Å².